The minimum Gasteiger partial charge on any atom is -0.351 e. The van der Waals surface area contributed by atoms with Crippen LogP contribution in [0.25, 0.3) is 0 Å². The van der Waals surface area contributed by atoms with Crippen molar-refractivity contribution in [1.29, 1.82) is 0 Å². The van der Waals surface area contributed by atoms with Gasteiger partial charge in [-0.2, -0.15) is 0 Å². The largest absolute Gasteiger partial charge is 0.351 e. The van der Waals surface area contributed by atoms with Gasteiger partial charge in [0.25, 0.3) is 0 Å². The predicted octanol–water partition coefficient (Wildman–Crippen LogP) is 1.14. The molecule has 0 bridgehead atoms. The number of nitrogens with one attached hydrogen (secondary N) is 1. The topological polar surface area (TPSA) is 34.8 Å². The molecule has 2 rings (SSSR count). The second kappa shape index (κ2) is 0.780. The molecule has 0 amide bonds. The molecular formula is C5H4N2. The van der Waals surface area contributed by atoms with Crippen molar-refractivity contribution >= 4 is 11.4 Å². The molecule has 1 aliphatic heterocycles. The van der Waals surface area contributed by atoms with E-state index < -0.39 is 0 Å². The molecule has 0 radical (unpaired) electrons. The van der Waals surface area contributed by atoms with Crippen molar-refractivity contribution in [2.24, 2.45) is 0 Å². The summed E-state index contributed by atoms with van der Waals surface area (Å²) in [5, 5.41) is 3.03. The van der Waals surface area contributed by atoms with Gasteiger partial charge in [-0.05, 0) is 6.07 Å². The molecule has 2 heteroatoms. The number of anilines is 2. The van der Waals surface area contributed by atoms with Crippen molar-refractivity contribution in [2.45, 2.75) is 0 Å². The van der Waals surface area contributed by atoms with E-state index in [2.05, 4.69) is 10.3 Å². The zero-order valence-electron chi connectivity index (χ0n) is 3.68. The molecule has 0 unspecified atom stereocenters. The summed E-state index contributed by atoms with van der Waals surface area (Å²) in [6.07, 6.45) is 3.59. The van der Waals surface area contributed by atoms with Crippen molar-refractivity contribution in [3.8, 4) is 0 Å². The molecule has 0 aliphatic carbocycles. The second-order valence-corrected chi connectivity index (χ2v) is 1.55. The maximum absolute atomic E-state index is 3.87. The highest BCUT2D eigenvalue weighted by Crippen LogP contribution is 2.35. The van der Waals surface area contributed by atoms with E-state index in [-0.39, 0.29) is 0 Å². The van der Waals surface area contributed by atoms with Gasteiger partial charge >= 0.3 is 0 Å². The van der Waals surface area contributed by atoms with Crippen molar-refractivity contribution in [3.05, 3.63) is 18.5 Å². The number of pyridine rings is 1. The number of aromatic nitrogens is 1. The van der Waals surface area contributed by atoms with Crippen LogP contribution in [-0.2, 0) is 0 Å². The molecule has 1 N–H and O–H groups in total. The van der Waals surface area contributed by atoms with Gasteiger partial charge in [-0.1, -0.05) is 0 Å². The van der Waals surface area contributed by atoms with E-state index in [1.54, 1.807) is 6.20 Å². The third-order valence-electron chi connectivity index (χ3n) is 1.03. The maximum Gasteiger partial charge on any atom is 0.0810 e. The minimum atomic E-state index is 1.17. The fourth-order valence-electron chi connectivity index (χ4n) is 0.582. The Morgan fingerprint density at radius 2 is 2.43 bits per heavy atom. The first-order valence-electron chi connectivity index (χ1n) is 2.18. The average Bonchev–Trinajstić information content (AvgIpc) is 2.41. The van der Waals surface area contributed by atoms with Crippen LogP contribution >= 0.6 is 0 Å². The van der Waals surface area contributed by atoms with Gasteiger partial charge in [-0.3, -0.25) is 4.98 Å². The second-order valence-electron chi connectivity index (χ2n) is 1.55. The van der Waals surface area contributed by atoms with E-state index in [9.17, 15) is 0 Å². The smallest absolute Gasteiger partial charge is 0.0810 e. The lowest BCUT2D eigenvalue weighted by atomic mass is 10.5. The van der Waals surface area contributed by atoms with Crippen LogP contribution in [0.1, 0.15) is 0 Å². The summed E-state index contributed by atoms with van der Waals surface area (Å²) in [7, 11) is 0. The van der Waals surface area contributed by atoms with Gasteiger partial charge in [-0.15, -0.1) is 0 Å². The van der Waals surface area contributed by atoms with Crippen molar-refractivity contribution in [2.75, 3.05) is 5.32 Å². The molecule has 0 spiro atoms. The van der Waals surface area contributed by atoms with Crippen LogP contribution in [0.2, 0.25) is 0 Å². The molecule has 1 aliphatic rings. The highest BCUT2D eigenvalue weighted by molar-refractivity contribution is 5.88. The summed E-state index contributed by atoms with van der Waals surface area (Å²) in [5.41, 5.74) is 2.39. The highest BCUT2D eigenvalue weighted by atomic mass is 15.0. The van der Waals surface area contributed by atoms with Crippen LogP contribution in [-0.4, -0.2) is 4.98 Å². The molecule has 0 aromatic carbocycles. The van der Waals surface area contributed by atoms with E-state index in [1.807, 2.05) is 12.3 Å². The summed E-state index contributed by atoms with van der Waals surface area (Å²) in [6, 6.07) is 1.95. The Bertz CT molecular complexity index is 174. The van der Waals surface area contributed by atoms with Crippen LogP contribution in [0, 0.1) is 0 Å². The van der Waals surface area contributed by atoms with Gasteiger partial charge in [0.15, 0.2) is 0 Å². The molecule has 1 aromatic heterocycles. The normalized spacial score (nSPS) is 12.0. The number of nitrogens with zero attached hydrogens (tertiary/aromatic N) is 1. The first-order chi connectivity index (χ1) is 3.47. The minimum absolute atomic E-state index is 1.17. The van der Waals surface area contributed by atoms with E-state index in [0.717, 1.165) is 0 Å². The Morgan fingerprint density at radius 3 is 3.00 bits per heavy atom. The van der Waals surface area contributed by atoms with Gasteiger partial charge in [-0.25, -0.2) is 0 Å². The molecule has 2 nitrogen and oxygen atoms in total. The van der Waals surface area contributed by atoms with Crippen molar-refractivity contribution in [1.82, 2.24) is 4.98 Å². The number of hydrogen-bond acceptors (Lipinski definition) is 2. The zero-order valence-corrected chi connectivity index (χ0v) is 3.68. The maximum atomic E-state index is 3.87. The number of rotatable bonds is 0. The Kier molecular flexibility index (Phi) is 0.336. The first-order valence-corrected chi connectivity index (χ1v) is 2.18. The third-order valence-corrected chi connectivity index (χ3v) is 1.03. The molecule has 0 saturated carbocycles. The van der Waals surface area contributed by atoms with Crippen LogP contribution in [0.15, 0.2) is 18.5 Å². The lowest BCUT2D eigenvalue weighted by molar-refractivity contribution is 1.37. The monoisotopic (exact) mass is 92.0 g/mol. The quantitative estimate of drug-likeness (QED) is 0.494. The van der Waals surface area contributed by atoms with E-state index in [0.29, 0.717) is 0 Å². The third kappa shape index (κ3) is 0.302. The number of hydrogen-bond donors (Lipinski definition) is 1. The summed E-state index contributed by atoms with van der Waals surface area (Å²) in [4.78, 5) is 3.87. The standard InChI is InChI=1S/C5H4N2/c1-2-6-3-5-4(1)7-5/h1-3,7H. The molecule has 1 aromatic rings. The molecule has 2 heterocycles. The fraction of sp³-hybridized carbons (Fsp3) is 0. The van der Waals surface area contributed by atoms with Crippen molar-refractivity contribution in [3.63, 3.8) is 0 Å². The van der Waals surface area contributed by atoms with Crippen LogP contribution in [0.3, 0.4) is 0 Å². The summed E-state index contributed by atoms with van der Waals surface area (Å²) in [6.45, 7) is 0. The van der Waals surface area contributed by atoms with Gasteiger partial charge in [0.05, 0.1) is 17.6 Å². The van der Waals surface area contributed by atoms with Gasteiger partial charge in [0.2, 0.25) is 0 Å². The van der Waals surface area contributed by atoms with Gasteiger partial charge < -0.3 is 5.32 Å². The van der Waals surface area contributed by atoms with Crippen LogP contribution < -0.4 is 5.32 Å². The first kappa shape index (κ1) is 3.02. The molecule has 0 atom stereocenters. The molecule has 7 heavy (non-hydrogen) atoms. The van der Waals surface area contributed by atoms with Crippen LogP contribution in [0.4, 0.5) is 11.4 Å². The Labute approximate surface area is 41.2 Å². The van der Waals surface area contributed by atoms with E-state index in [1.165, 1.54) is 11.4 Å². The molecule has 34 valence electrons. The summed E-state index contributed by atoms with van der Waals surface area (Å²) < 4.78 is 0. The SMILES string of the molecule is c1cc2c(cn1)N2. The predicted molar refractivity (Wildman–Crippen MR) is 27.5 cm³/mol. The summed E-state index contributed by atoms with van der Waals surface area (Å²) >= 11 is 0. The van der Waals surface area contributed by atoms with Gasteiger partial charge in [0, 0.05) is 6.20 Å². The average molecular weight is 92.1 g/mol. The Balaban J connectivity index is 2.73. The van der Waals surface area contributed by atoms with Gasteiger partial charge in [0.1, 0.15) is 0 Å². The molecular weight excluding hydrogens is 88.1 g/mol. The fourth-order valence-corrected chi connectivity index (χ4v) is 0.582. The van der Waals surface area contributed by atoms with Crippen molar-refractivity contribution < 1.29 is 0 Å². The highest BCUT2D eigenvalue weighted by Gasteiger charge is 2.12. The Hall–Kier alpha value is -1.05. The van der Waals surface area contributed by atoms with Crippen LogP contribution in [0.5, 0.6) is 0 Å². The molecule has 0 saturated heterocycles. The summed E-state index contributed by atoms with van der Waals surface area (Å²) in [5.74, 6) is 0. The molecule has 0 fully saturated rings. The lowest BCUT2D eigenvalue weighted by Crippen LogP contribution is -1.53. The zero-order chi connectivity index (χ0) is 4.69. The van der Waals surface area contributed by atoms with E-state index >= 15 is 0 Å². The lowest BCUT2D eigenvalue weighted by Gasteiger charge is -1.65. The Morgan fingerprint density at radius 1 is 1.43 bits per heavy atom. The van der Waals surface area contributed by atoms with E-state index in [4.69, 9.17) is 0 Å². The number of fused-ring (bicyclic) bond motifs is 1.